The molecule has 1 aliphatic rings. The average Bonchev–Trinajstić information content (AvgIpc) is 3.05. The number of nitrogens with zero attached hydrogens (tertiary/aromatic N) is 3. The Morgan fingerprint density at radius 3 is 2.91 bits per heavy atom. The molecule has 1 aliphatic heterocycles. The largest absolute Gasteiger partial charge is 0.476 e. The van der Waals surface area contributed by atoms with Gasteiger partial charge >= 0.3 is 5.97 Å². The van der Waals surface area contributed by atoms with Crippen LogP contribution in [0.15, 0.2) is 28.9 Å². The predicted octanol–water partition coefficient (Wildman–Crippen LogP) is 1.90. The molecule has 0 aliphatic carbocycles. The fourth-order valence-corrected chi connectivity index (χ4v) is 2.61. The SMILES string of the molecule is CCc1ccc(C2COCCN2Cc2cnc(C(=O)O)cn2)o1. The summed E-state index contributed by atoms with van der Waals surface area (Å²) >= 11 is 0. The van der Waals surface area contributed by atoms with E-state index in [2.05, 4.69) is 21.8 Å². The van der Waals surface area contributed by atoms with Crippen molar-refractivity contribution < 1.29 is 19.1 Å². The molecule has 1 unspecified atom stereocenters. The van der Waals surface area contributed by atoms with Crippen LogP contribution < -0.4 is 0 Å². The van der Waals surface area contributed by atoms with Gasteiger partial charge in [0.2, 0.25) is 0 Å². The first-order chi connectivity index (χ1) is 11.2. The van der Waals surface area contributed by atoms with Crippen LogP contribution in [0, 0.1) is 0 Å². The molecular formula is C16H19N3O4. The topological polar surface area (TPSA) is 88.7 Å². The van der Waals surface area contributed by atoms with Crippen LogP contribution in [0.2, 0.25) is 0 Å². The van der Waals surface area contributed by atoms with Crippen LogP contribution >= 0.6 is 0 Å². The van der Waals surface area contributed by atoms with Crippen LogP contribution in [0.25, 0.3) is 0 Å². The maximum absolute atomic E-state index is 10.8. The van der Waals surface area contributed by atoms with Gasteiger partial charge in [0.1, 0.15) is 11.5 Å². The van der Waals surface area contributed by atoms with Crippen LogP contribution in [0.4, 0.5) is 0 Å². The molecule has 2 aromatic heterocycles. The molecule has 1 N–H and O–H groups in total. The van der Waals surface area contributed by atoms with Gasteiger partial charge in [-0.1, -0.05) is 6.92 Å². The minimum absolute atomic E-state index is 0.0324. The standard InChI is InChI=1S/C16H19N3O4/c1-2-12-3-4-15(23-12)14-10-22-6-5-19(14)9-11-7-18-13(8-17-11)16(20)21/h3-4,7-8,14H,2,5-6,9-10H2,1H3,(H,20,21). The van der Waals surface area contributed by atoms with E-state index in [0.717, 1.165) is 30.2 Å². The van der Waals surface area contributed by atoms with E-state index in [4.69, 9.17) is 14.3 Å². The number of aromatic nitrogens is 2. The molecule has 7 nitrogen and oxygen atoms in total. The molecule has 1 saturated heterocycles. The highest BCUT2D eigenvalue weighted by Crippen LogP contribution is 2.27. The van der Waals surface area contributed by atoms with E-state index in [1.54, 1.807) is 0 Å². The normalized spacial score (nSPS) is 18.9. The Labute approximate surface area is 133 Å². The van der Waals surface area contributed by atoms with Gasteiger partial charge < -0.3 is 14.3 Å². The molecule has 3 rings (SSSR count). The Morgan fingerprint density at radius 2 is 2.26 bits per heavy atom. The van der Waals surface area contributed by atoms with Crippen molar-refractivity contribution in [1.29, 1.82) is 0 Å². The lowest BCUT2D eigenvalue weighted by Crippen LogP contribution is -2.39. The lowest BCUT2D eigenvalue weighted by molar-refractivity contribution is -0.0211. The van der Waals surface area contributed by atoms with Gasteiger partial charge in [-0.05, 0) is 12.1 Å². The Hall–Kier alpha value is -2.25. The number of hydrogen-bond donors (Lipinski definition) is 1. The van der Waals surface area contributed by atoms with Crippen LogP contribution in [0.1, 0.15) is 40.7 Å². The molecule has 1 atom stereocenters. The Balaban J connectivity index is 1.74. The van der Waals surface area contributed by atoms with E-state index in [9.17, 15) is 4.79 Å². The number of furan rings is 1. The first-order valence-corrected chi connectivity index (χ1v) is 7.62. The van der Waals surface area contributed by atoms with Crippen LogP contribution in [0.3, 0.4) is 0 Å². The second-order valence-electron chi connectivity index (χ2n) is 5.42. The quantitative estimate of drug-likeness (QED) is 0.901. The molecule has 0 saturated carbocycles. The van der Waals surface area contributed by atoms with Gasteiger partial charge in [0, 0.05) is 19.5 Å². The monoisotopic (exact) mass is 317 g/mol. The Morgan fingerprint density at radius 1 is 1.39 bits per heavy atom. The van der Waals surface area contributed by atoms with E-state index in [1.165, 1.54) is 12.4 Å². The van der Waals surface area contributed by atoms with Crippen molar-refractivity contribution in [3.8, 4) is 0 Å². The Bertz CT molecular complexity index is 668. The highest BCUT2D eigenvalue weighted by Gasteiger charge is 2.27. The summed E-state index contributed by atoms with van der Waals surface area (Å²) < 4.78 is 11.4. The average molecular weight is 317 g/mol. The summed E-state index contributed by atoms with van der Waals surface area (Å²) in [5, 5.41) is 8.87. The van der Waals surface area contributed by atoms with Gasteiger partial charge in [0.25, 0.3) is 0 Å². The summed E-state index contributed by atoms with van der Waals surface area (Å²) in [6.45, 7) is 4.60. The van der Waals surface area contributed by atoms with Gasteiger partial charge in [-0.3, -0.25) is 9.88 Å². The number of rotatable bonds is 5. The summed E-state index contributed by atoms with van der Waals surface area (Å²) in [6.07, 6.45) is 3.65. The van der Waals surface area contributed by atoms with Gasteiger partial charge in [0.15, 0.2) is 5.69 Å². The van der Waals surface area contributed by atoms with Gasteiger partial charge in [-0.15, -0.1) is 0 Å². The van der Waals surface area contributed by atoms with Crippen LogP contribution in [-0.2, 0) is 17.7 Å². The molecule has 0 amide bonds. The third kappa shape index (κ3) is 3.57. The lowest BCUT2D eigenvalue weighted by atomic mass is 10.1. The number of carbonyl (C=O) groups is 1. The van der Waals surface area contributed by atoms with Gasteiger partial charge in [0.05, 0.1) is 37.3 Å². The first-order valence-electron chi connectivity index (χ1n) is 7.62. The van der Waals surface area contributed by atoms with E-state index >= 15 is 0 Å². The van der Waals surface area contributed by atoms with Crippen molar-refractivity contribution in [2.45, 2.75) is 25.9 Å². The van der Waals surface area contributed by atoms with Crippen molar-refractivity contribution >= 4 is 5.97 Å². The van der Waals surface area contributed by atoms with Crippen molar-refractivity contribution in [2.24, 2.45) is 0 Å². The maximum Gasteiger partial charge on any atom is 0.356 e. The number of carboxylic acid groups (broad SMARTS) is 1. The van der Waals surface area contributed by atoms with Crippen molar-refractivity contribution in [3.63, 3.8) is 0 Å². The van der Waals surface area contributed by atoms with E-state index in [1.807, 2.05) is 12.1 Å². The molecule has 122 valence electrons. The molecule has 1 fully saturated rings. The molecule has 3 heterocycles. The predicted molar refractivity (Wildman–Crippen MR) is 81.0 cm³/mol. The fraction of sp³-hybridized carbons (Fsp3) is 0.438. The molecule has 23 heavy (non-hydrogen) atoms. The molecule has 7 heteroatoms. The number of hydrogen-bond acceptors (Lipinski definition) is 6. The molecular weight excluding hydrogens is 298 g/mol. The molecule has 0 bridgehead atoms. The summed E-state index contributed by atoms with van der Waals surface area (Å²) in [4.78, 5) is 21.1. The van der Waals surface area contributed by atoms with Gasteiger partial charge in [-0.25, -0.2) is 9.78 Å². The fourth-order valence-electron chi connectivity index (χ4n) is 2.61. The third-order valence-corrected chi connectivity index (χ3v) is 3.89. The summed E-state index contributed by atoms with van der Waals surface area (Å²) in [5.41, 5.74) is 0.676. The lowest BCUT2D eigenvalue weighted by Gasteiger charge is -2.33. The molecule has 0 aromatic carbocycles. The molecule has 2 aromatic rings. The van der Waals surface area contributed by atoms with Crippen molar-refractivity contribution in [1.82, 2.24) is 14.9 Å². The van der Waals surface area contributed by atoms with E-state index in [-0.39, 0.29) is 11.7 Å². The molecule has 0 spiro atoms. The summed E-state index contributed by atoms with van der Waals surface area (Å²) in [6, 6.07) is 4.01. The zero-order chi connectivity index (χ0) is 16.2. The second-order valence-corrected chi connectivity index (χ2v) is 5.42. The third-order valence-electron chi connectivity index (χ3n) is 3.89. The summed E-state index contributed by atoms with van der Waals surface area (Å²) in [7, 11) is 0. The Kier molecular flexibility index (Phi) is 4.68. The maximum atomic E-state index is 10.8. The second kappa shape index (κ2) is 6.89. The number of morpholine rings is 1. The van der Waals surface area contributed by atoms with Gasteiger partial charge in [-0.2, -0.15) is 0 Å². The smallest absolute Gasteiger partial charge is 0.356 e. The number of ether oxygens (including phenoxy) is 1. The zero-order valence-corrected chi connectivity index (χ0v) is 12.9. The number of aromatic carboxylic acids is 1. The van der Waals surface area contributed by atoms with Crippen molar-refractivity contribution in [3.05, 3.63) is 47.4 Å². The van der Waals surface area contributed by atoms with E-state index < -0.39 is 5.97 Å². The van der Waals surface area contributed by atoms with Crippen molar-refractivity contribution in [2.75, 3.05) is 19.8 Å². The zero-order valence-electron chi connectivity index (χ0n) is 12.9. The minimum Gasteiger partial charge on any atom is -0.476 e. The first kappa shape index (κ1) is 15.6. The highest BCUT2D eigenvalue weighted by molar-refractivity contribution is 5.84. The molecule has 0 radical (unpaired) electrons. The number of aryl methyl sites for hydroxylation is 1. The van der Waals surface area contributed by atoms with E-state index in [0.29, 0.717) is 19.8 Å². The summed E-state index contributed by atoms with van der Waals surface area (Å²) in [5.74, 6) is 0.767. The van der Waals surface area contributed by atoms with Crippen LogP contribution in [0.5, 0.6) is 0 Å². The number of carboxylic acids is 1. The minimum atomic E-state index is -1.07. The van der Waals surface area contributed by atoms with Crippen LogP contribution in [-0.4, -0.2) is 45.7 Å². The highest BCUT2D eigenvalue weighted by atomic mass is 16.5.